The molecule has 0 unspecified atom stereocenters. The maximum Gasteiger partial charge on any atom is 0.246 e. The van der Waals surface area contributed by atoms with E-state index in [1.165, 1.54) is 6.07 Å². The average molecular weight is 335 g/mol. The summed E-state index contributed by atoms with van der Waals surface area (Å²) in [6, 6.07) is 13.1. The molecule has 2 aromatic carbocycles. The fourth-order valence-corrected chi connectivity index (χ4v) is 1.98. The Kier molecular flexibility index (Phi) is 7.17. The van der Waals surface area contributed by atoms with Crippen LogP contribution < -0.4 is 10.1 Å². The molecule has 0 aliphatic rings. The van der Waals surface area contributed by atoms with E-state index in [1.807, 2.05) is 30.3 Å². The number of hydrogen-bond donors (Lipinski definition) is 1. The van der Waals surface area contributed by atoms with Crippen molar-refractivity contribution >= 4 is 5.91 Å². The summed E-state index contributed by atoms with van der Waals surface area (Å²) < 4.78 is 36.2. The zero-order valence-corrected chi connectivity index (χ0v) is 13.1. The van der Waals surface area contributed by atoms with Gasteiger partial charge in [0.15, 0.2) is 11.6 Å². The molecule has 1 amide bonds. The molecule has 1 N–H and O–H groups in total. The second-order valence-electron chi connectivity index (χ2n) is 5.06. The van der Waals surface area contributed by atoms with Crippen LogP contribution in [0.3, 0.4) is 0 Å². The Bertz CT molecular complexity index is 650. The Labute approximate surface area is 139 Å². The zero-order chi connectivity index (χ0) is 17.2. The van der Waals surface area contributed by atoms with E-state index in [9.17, 15) is 13.6 Å². The van der Waals surface area contributed by atoms with E-state index in [0.717, 1.165) is 24.1 Å². The van der Waals surface area contributed by atoms with E-state index >= 15 is 0 Å². The number of amides is 1. The van der Waals surface area contributed by atoms with Gasteiger partial charge in [0.2, 0.25) is 5.91 Å². The fraction of sp³-hybridized carbons (Fsp3) is 0.278. The third-order valence-corrected chi connectivity index (χ3v) is 3.20. The molecule has 128 valence electrons. The van der Waals surface area contributed by atoms with Crippen molar-refractivity contribution < 1.29 is 23.0 Å². The van der Waals surface area contributed by atoms with Gasteiger partial charge in [-0.15, -0.1) is 0 Å². The SMILES string of the molecule is O=C(COCCc1ccccc1)NCCOc1ccc(F)c(F)c1. The van der Waals surface area contributed by atoms with Crippen molar-refractivity contribution in [3.05, 3.63) is 65.7 Å². The van der Waals surface area contributed by atoms with Crippen LogP contribution in [0.4, 0.5) is 8.78 Å². The lowest BCUT2D eigenvalue weighted by Crippen LogP contribution is -2.31. The van der Waals surface area contributed by atoms with Gasteiger partial charge in [-0.1, -0.05) is 30.3 Å². The maximum atomic E-state index is 13.0. The summed E-state index contributed by atoms with van der Waals surface area (Å²) in [6.45, 7) is 0.835. The van der Waals surface area contributed by atoms with Crippen LogP contribution in [0.5, 0.6) is 5.75 Å². The number of halogens is 2. The quantitative estimate of drug-likeness (QED) is 0.717. The Balaban J connectivity index is 1.54. The standard InChI is InChI=1S/C18H19F2NO3/c19-16-7-6-15(12-17(16)20)24-11-9-21-18(22)13-23-10-8-14-4-2-1-3-5-14/h1-7,12H,8-11,13H2,(H,21,22). The van der Waals surface area contributed by atoms with Gasteiger partial charge in [-0.3, -0.25) is 4.79 Å². The molecule has 0 saturated carbocycles. The molecule has 0 aliphatic heterocycles. The molecule has 0 radical (unpaired) electrons. The van der Waals surface area contributed by atoms with Gasteiger partial charge < -0.3 is 14.8 Å². The zero-order valence-electron chi connectivity index (χ0n) is 13.1. The van der Waals surface area contributed by atoms with E-state index < -0.39 is 11.6 Å². The summed E-state index contributed by atoms with van der Waals surface area (Å²) in [7, 11) is 0. The van der Waals surface area contributed by atoms with Crippen molar-refractivity contribution in [3.8, 4) is 5.75 Å². The minimum absolute atomic E-state index is 0.0298. The van der Waals surface area contributed by atoms with Crippen LogP contribution in [0, 0.1) is 11.6 Å². The fourth-order valence-electron chi connectivity index (χ4n) is 1.98. The highest BCUT2D eigenvalue weighted by Gasteiger charge is 2.04. The van der Waals surface area contributed by atoms with E-state index in [1.54, 1.807) is 0 Å². The van der Waals surface area contributed by atoms with Gasteiger partial charge in [0.25, 0.3) is 0 Å². The minimum atomic E-state index is -0.969. The molecule has 0 heterocycles. The first-order valence-electron chi connectivity index (χ1n) is 7.61. The van der Waals surface area contributed by atoms with Crippen molar-refractivity contribution in [3.63, 3.8) is 0 Å². The van der Waals surface area contributed by atoms with E-state index in [-0.39, 0.29) is 31.4 Å². The first kappa shape index (κ1) is 17.9. The summed E-state index contributed by atoms with van der Waals surface area (Å²) in [6.07, 6.45) is 0.743. The van der Waals surface area contributed by atoms with Crippen LogP contribution in [0.15, 0.2) is 48.5 Å². The maximum absolute atomic E-state index is 13.0. The van der Waals surface area contributed by atoms with Gasteiger partial charge in [-0.2, -0.15) is 0 Å². The van der Waals surface area contributed by atoms with Crippen LogP contribution in [-0.4, -0.2) is 32.3 Å². The van der Waals surface area contributed by atoms with E-state index in [2.05, 4.69) is 5.32 Å². The topological polar surface area (TPSA) is 47.6 Å². The monoisotopic (exact) mass is 335 g/mol. The molecule has 4 nitrogen and oxygen atoms in total. The van der Waals surface area contributed by atoms with Crippen molar-refractivity contribution in [1.29, 1.82) is 0 Å². The van der Waals surface area contributed by atoms with Crippen LogP contribution in [0.1, 0.15) is 5.56 Å². The third kappa shape index (κ3) is 6.34. The van der Waals surface area contributed by atoms with Crippen LogP contribution >= 0.6 is 0 Å². The molecule has 0 spiro atoms. The summed E-state index contributed by atoms with van der Waals surface area (Å²) in [5, 5.41) is 2.62. The second-order valence-corrected chi connectivity index (χ2v) is 5.06. The largest absolute Gasteiger partial charge is 0.492 e. The van der Waals surface area contributed by atoms with Crippen molar-refractivity contribution in [2.75, 3.05) is 26.4 Å². The molecule has 24 heavy (non-hydrogen) atoms. The molecule has 2 aromatic rings. The Hall–Kier alpha value is -2.47. The summed E-state index contributed by atoms with van der Waals surface area (Å²) in [5.74, 6) is -1.94. The molecule has 2 rings (SSSR count). The molecular formula is C18H19F2NO3. The lowest BCUT2D eigenvalue weighted by Gasteiger charge is -2.08. The lowest BCUT2D eigenvalue weighted by molar-refractivity contribution is -0.125. The number of hydrogen-bond acceptors (Lipinski definition) is 3. The van der Waals surface area contributed by atoms with Gasteiger partial charge >= 0.3 is 0 Å². The first-order chi connectivity index (χ1) is 11.6. The summed E-state index contributed by atoms with van der Waals surface area (Å²) >= 11 is 0. The number of carbonyl (C=O) groups excluding carboxylic acids is 1. The van der Waals surface area contributed by atoms with Gasteiger partial charge in [0, 0.05) is 6.07 Å². The minimum Gasteiger partial charge on any atom is -0.492 e. The van der Waals surface area contributed by atoms with Crippen molar-refractivity contribution in [2.45, 2.75) is 6.42 Å². The predicted molar refractivity (Wildman–Crippen MR) is 85.8 cm³/mol. The summed E-state index contributed by atoms with van der Waals surface area (Å²) in [5.41, 5.74) is 1.15. The van der Waals surface area contributed by atoms with Gasteiger partial charge in [-0.05, 0) is 24.1 Å². The first-order valence-corrected chi connectivity index (χ1v) is 7.61. The lowest BCUT2D eigenvalue weighted by atomic mass is 10.2. The second kappa shape index (κ2) is 9.62. The molecule has 0 fully saturated rings. The van der Waals surface area contributed by atoms with Crippen molar-refractivity contribution in [2.24, 2.45) is 0 Å². The van der Waals surface area contributed by atoms with Crippen LogP contribution in [0.25, 0.3) is 0 Å². The van der Waals surface area contributed by atoms with Crippen LogP contribution in [-0.2, 0) is 16.0 Å². The molecule has 6 heteroatoms. The predicted octanol–water partition coefficient (Wildman–Crippen LogP) is 2.72. The average Bonchev–Trinajstić information content (AvgIpc) is 2.59. The Morgan fingerprint density at radius 2 is 1.79 bits per heavy atom. The highest BCUT2D eigenvalue weighted by molar-refractivity contribution is 5.77. The molecule has 0 aliphatic carbocycles. The Morgan fingerprint density at radius 1 is 1.00 bits per heavy atom. The van der Waals surface area contributed by atoms with Gasteiger partial charge in [0.1, 0.15) is 19.0 Å². The smallest absolute Gasteiger partial charge is 0.246 e. The third-order valence-electron chi connectivity index (χ3n) is 3.20. The molecule has 0 saturated heterocycles. The summed E-state index contributed by atoms with van der Waals surface area (Å²) in [4.78, 5) is 11.6. The molecule has 0 atom stereocenters. The number of carbonyl (C=O) groups is 1. The number of benzene rings is 2. The van der Waals surface area contributed by atoms with Gasteiger partial charge in [-0.25, -0.2) is 8.78 Å². The molecular weight excluding hydrogens is 316 g/mol. The highest BCUT2D eigenvalue weighted by Crippen LogP contribution is 2.14. The number of rotatable bonds is 9. The number of nitrogens with one attached hydrogen (secondary N) is 1. The normalized spacial score (nSPS) is 10.4. The Morgan fingerprint density at radius 3 is 2.54 bits per heavy atom. The molecule has 0 aromatic heterocycles. The molecule has 0 bridgehead atoms. The van der Waals surface area contributed by atoms with E-state index in [4.69, 9.17) is 9.47 Å². The van der Waals surface area contributed by atoms with Gasteiger partial charge in [0.05, 0.1) is 13.2 Å². The number of ether oxygens (including phenoxy) is 2. The van der Waals surface area contributed by atoms with E-state index in [0.29, 0.717) is 6.61 Å². The van der Waals surface area contributed by atoms with Crippen molar-refractivity contribution in [1.82, 2.24) is 5.32 Å². The van der Waals surface area contributed by atoms with Crippen LogP contribution in [0.2, 0.25) is 0 Å². The highest BCUT2D eigenvalue weighted by atomic mass is 19.2.